The first-order valence-corrected chi connectivity index (χ1v) is 9.66. The average Bonchev–Trinajstić information content (AvgIpc) is 3.16. The van der Waals surface area contributed by atoms with Crippen LogP contribution in [-0.2, 0) is 12.0 Å². The van der Waals surface area contributed by atoms with Crippen LogP contribution in [0.25, 0.3) is 0 Å². The van der Waals surface area contributed by atoms with E-state index in [0.29, 0.717) is 19.0 Å². The van der Waals surface area contributed by atoms with E-state index in [4.69, 9.17) is 13.9 Å². The number of oxazole rings is 1. The third-order valence-electron chi connectivity index (χ3n) is 3.95. The van der Waals surface area contributed by atoms with Gasteiger partial charge in [0.25, 0.3) is 0 Å². The number of rotatable bonds is 9. The van der Waals surface area contributed by atoms with Gasteiger partial charge in [-0.1, -0.05) is 20.8 Å². The maximum absolute atomic E-state index is 5.78. The molecule has 2 N–H and O–H groups in total. The lowest BCUT2D eigenvalue weighted by molar-refractivity contribution is 0.310. The Labute approximate surface area is 190 Å². The molecule has 0 aliphatic heterocycles. The molecule has 1 heterocycles. The molecule has 162 valence electrons. The molecule has 7 nitrogen and oxygen atoms in total. The summed E-state index contributed by atoms with van der Waals surface area (Å²) in [6.07, 6.45) is 2.63. The van der Waals surface area contributed by atoms with Gasteiger partial charge in [-0.15, -0.1) is 24.0 Å². The monoisotopic (exact) mass is 516 g/mol. The molecule has 0 amide bonds. The van der Waals surface area contributed by atoms with Crippen molar-refractivity contribution in [2.24, 2.45) is 4.99 Å². The Kier molecular flexibility index (Phi) is 10.9. The second-order valence-electron chi connectivity index (χ2n) is 7.37. The molecule has 0 radical (unpaired) electrons. The van der Waals surface area contributed by atoms with Crippen LogP contribution < -0.4 is 20.1 Å². The molecule has 0 aliphatic rings. The number of hydrogen-bond acceptors (Lipinski definition) is 5. The van der Waals surface area contributed by atoms with Gasteiger partial charge in [-0.05, 0) is 37.6 Å². The predicted octanol–water partition coefficient (Wildman–Crippen LogP) is 4.12. The lowest BCUT2D eigenvalue weighted by Crippen LogP contribution is -2.38. The van der Waals surface area contributed by atoms with Crippen LogP contribution in [0.1, 0.15) is 45.8 Å². The zero-order valence-electron chi connectivity index (χ0n) is 17.9. The molecule has 0 saturated heterocycles. The highest BCUT2D eigenvalue weighted by Gasteiger charge is 2.18. The number of aromatic nitrogens is 1. The standard InChI is InChI=1S/C21H32N4O3.HI/c1-6-22-20(25-15-19-24-14-18(28-19)21(2,3)4)23-12-7-13-27-17-10-8-16(26-5)9-11-17;/h8-11,14H,6-7,12-13,15H2,1-5H3,(H2,22,23,25);1H. The first-order chi connectivity index (χ1) is 13.4. The summed E-state index contributed by atoms with van der Waals surface area (Å²) in [6.45, 7) is 10.9. The summed E-state index contributed by atoms with van der Waals surface area (Å²) in [5.41, 5.74) is -0.0540. The van der Waals surface area contributed by atoms with E-state index >= 15 is 0 Å². The minimum atomic E-state index is -0.0540. The fourth-order valence-corrected chi connectivity index (χ4v) is 2.36. The van der Waals surface area contributed by atoms with Gasteiger partial charge in [0.15, 0.2) is 5.96 Å². The number of benzene rings is 1. The number of guanidine groups is 1. The molecule has 2 aromatic rings. The average molecular weight is 516 g/mol. The summed E-state index contributed by atoms with van der Waals surface area (Å²) >= 11 is 0. The highest BCUT2D eigenvalue weighted by Crippen LogP contribution is 2.22. The maximum atomic E-state index is 5.78. The minimum Gasteiger partial charge on any atom is -0.497 e. The molecule has 0 bridgehead atoms. The Balaban J connectivity index is 0.00000420. The second kappa shape index (κ2) is 12.6. The number of methoxy groups -OCH3 is 1. The first kappa shape index (κ1) is 25.1. The first-order valence-electron chi connectivity index (χ1n) is 9.66. The number of nitrogens with zero attached hydrogens (tertiary/aromatic N) is 2. The molecule has 0 spiro atoms. The van der Waals surface area contributed by atoms with Gasteiger partial charge in [0, 0.05) is 18.5 Å². The summed E-state index contributed by atoms with van der Waals surface area (Å²) in [7, 11) is 1.65. The molecule has 1 aromatic heterocycles. The van der Waals surface area contributed by atoms with Crippen LogP contribution in [0.2, 0.25) is 0 Å². The van der Waals surface area contributed by atoms with Crippen LogP contribution in [0.3, 0.4) is 0 Å². The third-order valence-corrected chi connectivity index (χ3v) is 3.95. The van der Waals surface area contributed by atoms with Crippen molar-refractivity contribution in [2.45, 2.75) is 46.1 Å². The largest absolute Gasteiger partial charge is 0.497 e. The van der Waals surface area contributed by atoms with Crippen molar-refractivity contribution in [1.82, 2.24) is 15.6 Å². The zero-order valence-corrected chi connectivity index (χ0v) is 20.3. The highest BCUT2D eigenvalue weighted by atomic mass is 127. The molecule has 1 aromatic carbocycles. The maximum Gasteiger partial charge on any atom is 0.216 e. The van der Waals surface area contributed by atoms with Crippen molar-refractivity contribution >= 4 is 29.9 Å². The van der Waals surface area contributed by atoms with Crippen LogP contribution in [-0.4, -0.2) is 37.7 Å². The number of ether oxygens (including phenoxy) is 2. The fraction of sp³-hybridized carbons (Fsp3) is 0.524. The molecule has 0 unspecified atom stereocenters. The van der Waals surface area contributed by atoms with Crippen molar-refractivity contribution < 1.29 is 13.9 Å². The normalized spacial score (nSPS) is 11.6. The van der Waals surface area contributed by atoms with E-state index in [1.807, 2.05) is 31.2 Å². The Morgan fingerprint density at radius 3 is 2.41 bits per heavy atom. The van der Waals surface area contributed by atoms with Crippen LogP contribution in [0.15, 0.2) is 39.9 Å². The van der Waals surface area contributed by atoms with Gasteiger partial charge >= 0.3 is 0 Å². The van der Waals surface area contributed by atoms with Gasteiger partial charge in [0.05, 0.1) is 19.9 Å². The molecular weight excluding hydrogens is 483 g/mol. The van der Waals surface area contributed by atoms with Crippen LogP contribution in [0.5, 0.6) is 11.5 Å². The molecule has 0 saturated carbocycles. The Morgan fingerprint density at radius 2 is 1.83 bits per heavy atom. The Morgan fingerprint density at radius 1 is 1.14 bits per heavy atom. The van der Waals surface area contributed by atoms with Gasteiger partial charge in [-0.25, -0.2) is 9.98 Å². The number of nitrogens with one attached hydrogen (secondary N) is 2. The molecule has 0 atom stereocenters. The van der Waals surface area contributed by atoms with Crippen molar-refractivity contribution in [3.8, 4) is 11.5 Å². The molecule has 0 fully saturated rings. The number of halogens is 1. The third kappa shape index (κ3) is 8.93. The lowest BCUT2D eigenvalue weighted by Gasteiger charge is -2.13. The SMILES string of the molecule is CCNC(=NCc1ncc(C(C)(C)C)o1)NCCCOc1ccc(OC)cc1.I. The molecule has 8 heteroatoms. The van der Waals surface area contributed by atoms with Crippen molar-refractivity contribution in [3.63, 3.8) is 0 Å². The van der Waals surface area contributed by atoms with Crippen molar-refractivity contribution in [1.29, 1.82) is 0 Å². The summed E-state index contributed by atoms with van der Waals surface area (Å²) in [5, 5.41) is 6.53. The summed E-state index contributed by atoms with van der Waals surface area (Å²) in [6, 6.07) is 7.58. The van der Waals surface area contributed by atoms with Gasteiger partial charge in [-0.2, -0.15) is 0 Å². The summed E-state index contributed by atoms with van der Waals surface area (Å²) in [4.78, 5) is 8.85. The quantitative estimate of drug-likeness (QED) is 0.226. The van der Waals surface area contributed by atoms with E-state index in [2.05, 4.69) is 41.4 Å². The van der Waals surface area contributed by atoms with Gasteiger partial charge in [-0.3, -0.25) is 0 Å². The fourth-order valence-electron chi connectivity index (χ4n) is 2.36. The van der Waals surface area contributed by atoms with E-state index in [0.717, 1.165) is 42.7 Å². The van der Waals surface area contributed by atoms with Crippen LogP contribution in [0.4, 0.5) is 0 Å². The Hall–Kier alpha value is -1.97. The smallest absolute Gasteiger partial charge is 0.216 e. The van der Waals surface area contributed by atoms with Gasteiger partial charge in [0.1, 0.15) is 23.8 Å². The number of aliphatic imine (C=N–C) groups is 1. The predicted molar refractivity (Wildman–Crippen MR) is 127 cm³/mol. The lowest BCUT2D eigenvalue weighted by atomic mass is 9.94. The van der Waals surface area contributed by atoms with E-state index in [1.54, 1.807) is 13.3 Å². The molecule has 0 aliphatic carbocycles. The van der Waals surface area contributed by atoms with Crippen LogP contribution in [0, 0.1) is 0 Å². The highest BCUT2D eigenvalue weighted by molar-refractivity contribution is 14.0. The van der Waals surface area contributed by atoms with E-state index in [-0.39, 0.29) is 29.4 Å². The van der Waals surface area contributed by atoms with Gasteiger partial charge in [0.2, 0.25) is 5.89 Å². The topological polar surface area (TPSA) is 80.9 Å². The minimum absolute atomic E-state index is 0. The van der Waals surface area contributed by atoms with Crippen molar-refractivity contribution in [2.75, 3.05) is 26.8 Å². The van der Waals surface area contributed by atoms with E-state index in [9.17, 15) is 0 Å². The van der Waals surface area contributed by atoms with Crippen molar-refractivity contribution in [3.05, 3.63) is 42.1 Å². The van der Waals surface area contributed by atoms with E-state index in [1.165, 1.54) is 0 Å². The molecular formula is C21H33IN4O3. The zero-order chi connectivity index (χ0) is 20.4. The number of hydrogen-bond donors (Lipinski definition) is 2. The molecule has 29 heavy (non-hydrogen) atoms. The van der Waals surface area contributed by atoms with E-state index < -0.39 is 0 Å². The summed E-state index contributed by atoms with van der Waals surface area (Å²) in [5.74, 6) is 3.87. The molecule has 2 rings (SSSR count). The van der Waals surface area contributed by atoms with Gasteiger partial charge < -0.3 is 24.5 Å². The second-order valence-corrected chi connectivity index (χ2v) is 7.37. The Bertz CT molecular complexity index is 739. The van der Waals surface area contributed by atoms with Crippen LogP contribution >= 0.6 is 24.0 Å². The summed E-state index contributed by atoms with van der Waals surface area (Å²) < 4.78 is 16.7.